The number of amides is 4. The van der Waals surface area contributed by atoms with Crippen LogP contribution in [-0.4, -0.2) is 78.1 Å². The maximum atomic E-state index is 14.2. The first-order valence-electron chi connectivity index (χ1n) is 14.1. The van der Waals surface area contributed by atoms with Crippen molar-refractivity contribution in [2.45, 2.75) is 18.5 Å². The van der Waals surface area contributed by atoms with Gasteiger partial charge in [-0.05, 0) is 29.3 Å². The average Bonchev–Trinajstić information content (AvgIpc) is 3.51. The van der Waals surface area contributed by atoms with Crippen LogP contribution in [0.2, 0.25) is 0 Å². The van der Waals surface area contributed by atoms with E-state index < -0.39 is 18.1 Å². The minimum Gasteiger partial charge on any atom is -0.379 e. The number of nitrogens with zero attached hydrogens (tertiary/aromatic N) is 3. The van der Waals surface area contributed by atoms with Gasteiger partial charge in [0.15, 0.2) is 0 Å². The van der Waals surface area contributed by atoms with Gasteiger partial charge in [-0.2, -0.15) is 0 Å². The van der Waals surface area contributed by atoms with Crippen molar-refractivity contribution in [1.29, 1.82) is 0 Å². The van der Waals surface area contributed by atoms with Crippen molar-refractivity contribution in [2.75, 3.05) is 44.3 Å². The largest absolute Gasteiger partial charge is 0.379 e. The van der Waals surface area contributed by atoms with E-state index >= 15 is 0 Å². The van der Waals surface area contributed by atoms with Gasteiger partial charge in [0.25, 0.3) is 11.8 Å². The molecular formula is C32H31N5O4. The number of hydrogen-bond acceptors (Lipinski definition) is 5. The highest BCUT2D eigenvalue weighted by atomic mass is 16.5. The Kier molecular flexibility index (Phi) is 6.53. The zero-order valence-electron chi connectivity index (χ0n) is 22.6. The Hall–Kier alpha value is -4.47. The zero-order valence-corrected chi connectivity index (χ0v) is 22.6. The number of carbonyl (C=O) groups excluding carboxylic acids is 3. The molecule has 208 valence electrons. The summed E-state index contributed by atoms with van der Waals surface area (Å²) in [7, 11) is 0. The molecular weight excluding hydrogens is 518 g/mol. The first kappa shape index (κ1) is 25.5. The Morgan fingerprint density at radius 1 is 0.927 bits per heavy atom. The maximum absolute atomic E-state index is 14.2. The van der Waals surface area contributed by atoms with Crippen molar-refractivity contribution in [3.63, 3.8) is 0 Å². The summed E-state index contributed by atoms with van der Waals surface area (Å²) >= 11 is 0. The van der Waals surface area contributed by atoms with Gasteiger partial charge in [-0.1, -0.05) is 60.7 Å². The van der Waals surface area contributed by atoms with Crippen LogP contribution in [0.25, 0.3) is 10.9 Å². The number of ether oxygens (including phenoxy) is 1. The molecule has 0 radical (unpaired) electrons. The summed E-state index contributed by atoms with van der Waals surface area (Å²) < 4.78 is 5.40. The quantitative estimate of drug-likeness (QED) is 0.358. The molecule has 4 heterocycles. The van der Waals surface area contributed by atoms with Crippen LogP contribution in [0.15, 0.2) is 78.9 Å². The number of fused-ring (bicyclic) bond motifs is 4. The van der Waals surface area contributed by atoms with Crippen LogP contribution < -0.4 is 10.2 Å². The highest BCUT2D eigenvalue weighted by Crippen LogP contribution is 2.45. The van der Waals surface area contributed by atoms with Gasteiger partial charge in [0.05, 0.1) is 24.5 Å². The number of carbonyl (C=O) groups is 3. The molecule has 9 nitrogen and oxygen atoms in total. The number of hydrogen-bond donors (Lipinski definition) is 2. The van der Waals surface area contributed by atoms with E-state index in [-0.39, 0.29) is 11.8 Å². The lowest BCUT2D eigenvalue weighted by atomic mass is 9.89. The summed E-state index contributed by atoms with van der Waals surface area (Å²) in [6.45, 7) is 4.22. The second-order valence-electron chi connectivity index (χ2n) is 10.7. The number of H-pyrrole nitrogens is 1. The summed E-state index contributed by atoms with van der Waals surface area (Å²) in [6, 6.07) is 23.1. The van der Waals surface area contributed by atoms with Gasteiger partial charge in [0.2, 0.25) is 0 Å². The number of urea groups is 1. The smallest absolute Gasteiger partial charge is 0.332 e. The number of para-hydroxylation sites is 2. The van der Waals surface area contributed by atoms with Crippen LogP contribution in [-0.2, 0) is 16.0 Å². The first-order chi connectivity index (χ1) is 20.1. The Morgan fingerprint density at radius 3 is 2.49 bits per heavy atom. The standard InChI is InChI=1S/C32H31N5O4/c38-30(33-14-15-35-16-18-41-19-17-35)23-11-5-7-13-26(23)37-31(39)27-20-24-22-10-4-6-12-25(22)34-28(24)29(36(27)32(37)40)21-8-2-1-3-9-21/h1-13,27,29,34H,14-20H2,(H,33,38)/t27-,29+/m0/s1. The number of anilines is 1. The molecule has 9 heteroatoms. The van der Waals surface area contributed by atoms with Gasteiger partial charge < -0.3 is 15.0 Å². The number of nitrogens with one attached hydrogen (secondary N) is 2. The van der Waals surface area contributed by atoms with Crippen LogP contribution >= 0.6 is 0 Å². The van der Waals surface area contributed by atoms with E-state index in [0.29, 0.717) is 44.0 Å². The van der Waals surface area contributed by atoms with E-state index in [1.165, 1.54) is 4.90 Å². The highest BCUT2D eigenvalue weighted by Gasteiger charge is 2.53. The Labute approximate surface area is 237 Å². The highest BCUT2D eigenvalue weighted by molar-refractivity contribution is 6.24. The normalized spacial score (nSPS) is 20.8. The van der Waals surface area contributed by atoms with Crippen LogP contribution in [0, 0.1) is 0 Å². The molecule has 2 fully saturated rings. The van der Waals surface area contributed by atoms with E-state index in [0.717, 1.165) is 40.8 Å². The first-order valence-corrected chi connectivity index (χ1v) is 14.1. The molecule has 0 bridgehead atoms. The Morgan fingerprint density at radius 2 is 1.66 bits per heavy atom. The van der Waals surface area contributed by atoms with Crippen LogP contribution in [0.5, 0.6) is 0 Å². The lowest BCUT2D eigenvalue weighted by Gasteiger charge is -2.36. The lowest BCUT2D eigenvalue weighted by Crippen LogP contribution is -2.44. The fraction of sp³-hybridized carbons (Fsp3) is 0.281. The molecule has 0 aliphatic carbocycles. The molecule has 41 heavy (non-hydrogen) atoms. The van der Waals surface area contributed by atoms with Gasteiger partial charge in [-0.3, -0.25) is 19.4 Å². The molecule has 2 atom stereocenters. The molecule has 1 aromatic heterocycles. The SMILES string of the molecule is O=C(NCCN1CCOCC1)c1ccccc1N1C(=O)[C@@H]2Cc3c([nH]c4ccccc34)[C@@H](c3ccccc3)N2C1=O. The van der Waals surface area contributed by atoms with E-state index in [2.05, 4.69) is 21.3 Å². The second-order valence-corrected chi connectivity index (χ2v) is 10.7. The molecule has 2 N–H and O–H groups in total. The Bertz CT molecular complexity index is 1630. The van der Waals surface area contributed by atoms with E-state index in [1.807, 2.05) is 48.5 Å². The molecule has 0 spiro atoms. The predicted octanol–water partition coefficient (Wildman–Crippen LogP) is 3.71. The van der Waals surface area contributed by atoms with Crippen molar-refractivity contribution in [3.8, 4) is 0 Å². The number of aromatic nitrogens is 1. The van der Waals surface area contributed by atoms with E-state index in [4.69, 9.17) is 4.74 Å². The third kappa shape index (κ3) is 4.38. The van der Waals surface area contributed by atoms with Crippen LogP contribution in [0.1, 0.15) is 33.2 Å². The number of morpholine rings is 1. The summed E-state index contributed by atoms with van der Waals surface area (Å²) in [5.74, 6) is -0.629. The lowest BCUT2D eigenvalue weighted by molar-refractivity contribution is -0.120. The molecule has 0 unspecified atom stereocenters. The molecule has 4 aromatic rings. The number of aromatic amines is 1. The van der Waals surface area contributed by atoms with Crippen LogP contribution in [0.4, 0.5) is 10.5 Å². The van der Waals surface area contributed by atoms with Crippen molar-refractivity contribution in [2.24, 2.45) is 0 Å². The monoisotopic (exact) mass is 549 g/mol. The molecule has 3 aliphatic rings. The fourth-order valence-electron chi connectivity index (χ4n) is 6.39. The second kappa shape index (κ2) is 10.5. The molecule has 7 rings (SSSR count). The minimum absolute atomic E-state index is 0.302. The number of imide groups is 1. The van der Waals surface area contributed by atoms with Crippen molar-refractivity contribution < 1.29 is 19.1 Å². The summed E-state index contributed by atoms with van der Waals surface area (Å²) in [5.41, 5.74) is 4.48. The van der Waals surface area contributed by atoms with Gasteiger partial charge in [0.1, 0.15) is 12.1 Å². The molecule has 3 aliphatic heterocycles. The van der Waals surface area contributed by atoms with Gasteiger partial charge in [-0.25, -0.2) is 9.69 Å². The maximum Gasteiger partial charge on any atom is 0.332 e. The fourth-order valence-corrected chi connectivity index (χ4v) is 6.39. The summed E-state index contributed by atoms with van der Waals surface area (Å²) in [4.78, 5) is 50.3. The van der Waals surface area contributed by atoms with Crippen molar-refractivity contribution in [1.82, 2.24) is 20.1 Å². The molecule has 2 saturated heterocycles. The van der Waals surface area contributed by atoms with Crippen LogP contribution in [0.3, 0.4) is 0 Å². The summed E-state index contributed by atoms with van der Waals surface area (Å²) in [6.07, 6.45) is 0.400. The van der Waals surface area contributed by atoms with Gasteiger partial charge in [-0.15, -0.1) is 0 Å². The number of benzene rings is 3. The summed E-state index contributed by atoms with van der Waals surface area (Å²) in [5, 5.41) is 4.04. The van der Waals surface area contributed by atoms with Gasteiger partial charge in [0, 0.05) is 49.2 Å². The third-order valence-electron chi connectivity index (χ3n) is 8.37. The number of rotatable bonds is 6. The third-order valence-corrected chi connectivity index (χ3v) is 8.37. The van der Waals surface area contributed by atoms with Crippen molar-refractivity contribution in [3.05, 3.63) is 101 Å². The average molecular weight is 550 g/mol. The molecule has 4 amide bonds. The minimum atomic E-state index is -0.683. The molecule has 0 saturated carbocycles. The topological polar surface area (TPSA) is 98.0 Å². The predicted molar refractivity (Wildman–Crippen MR) is 155 cm³/mol. The Balaban J connectivity index is 1.22. The van der Waals surface area contributed by atoms with E-state index in [1.54, 1.807) is 29.2 Å². The van der Waals surface area contributed by atoms with Crippen molar-refractivity contribution >= 4 is 34.4 Å². The molecule has 3 aromatic carbocycles. The van der Waals surface area contributed by atoms with E-state index in [9.17, 15) is 14.4 Å². The zero-order chi connectivity index (χ0) is 27.9. The van der Waals surface area contributed by atoms with Gasteiger partial charge >= 0.3 is 6.03 Å².